The predicted molar refractivity (Wildman–Crippen MR) is 148 cm³/mol. The van der Waals surface area contributed by atoms with Crippen LogP contribution in [0.25, 0.3) is 0 Å². The van der Waals surface area contributed by atoms with E-state index in [0.717, 1.165) is 46.8 Å². The van der Waals surface area contributed by atoms with E-state index in [1.54, 1.807) is 0 Å². The quantitative estimate of drug-likeness (QED) is 0.354. The Labute approximate surface area is 219 Å². The number of hydrogen-bond acceptors (Lipinski definition) is 4. The summed E-state index contributed by atoms with van der Waals surface area (Å²) in [5.74, 6) is 0.952. The molecule has 0 fully saturated rings. The third-order valence-corrected chi connectivity index (χ3v) is 7.29. The van der Waals surface area contributed by atoms with Gasteiger partial charge in [-0.25, -0.2) is 0 Å². The number of benzene rings is 3. The van der Waals surface area contributed by atoms with E-state index in [4.69, 9.17) is 4.74 Å². The molecule has 0 spiro atoms. The lowest BCUT2D eigenvalue weighted by Gasteiger charge is -2.35. The molecule has 2 atom stereocenters. The van der Waals surface area contributed by atoms with Crippen molar-refractivity contribution in [3.63, 3.8) is 0 Å². The van der Waals surface area contributed by atoms with E-state index in [-0.39, 0.29) is 17.6 Å². The van der Waals surface area contributed by atoms with Crippen LogP contribution in [0, 0.1) is 0 Å². The largest absolute Gasteiger partial charge is 0.494 e. The Kier molecular flexibility index (Phi) is 7.40. The van der Waals surface area contributed by atoms with Crippen LogP contribution in [0.15, 0.2) is 90.1 Å². The summed E-state index contributed by atoms with van der Waals surface area (Å²) in [6.07, 6.45) is 3.54. The number of carbonyl (C=O) groups is 2. The first-order valence-electron chi connectivity index (χ1n) is 13.3. The number of ether oxygens (including phenoxy) is 1. The molecule has 5 rings (SSSR count). The number of nitrogens with zero attached hydrogens (tertiary/aromatic N) is 1. The van der Waals surface area contributed by atoms with Crippen molar-refractivity contribution in [1.29, 1.82) is 0 Å². The number of para-hydroxylation sites is 2. The summed E-state index contributed by atoms with van der Waals surface area (Å²) < 4.78 is 5.88. The monoisotopic (exact) mass is 494 g/mol. The minimum Gasteiger partial charge on any atom is -0.494 e. The molecule has 0 radical (unpaired) electrons. The third-order valence-electron chi connectivity index (χ3n) is 7.29. The SMILES string of the molecule is CCCCOc1ccc([C@@H]2C3=C(C[C@@H](c4ccccc4)CC3=O)Nc3ccccc3N2C(=O)CC)cc1. The second-order valence-electron chi connectivity index (χ2n) is 9.76. The van der Waals surface area contributed by atoms with Gasteiger partial charge in [-0.3, -0.25) is 14.5 Å². The summed E-state index contributed by atoms with van der Waals surface area (Å²) in [5.41, 5.74) is 5.29. The Morgan fingerprint density at radius 1 is 0.919 bits per heavy atom. The molecule has 1 aliphatic carbocycles. The number of hydrogen-bond donors (Lipinski definition) is 1. The van der Waals surface area contributed by atoms with E-state index in [0.29, 0.717) is 31.4 Å². The molecule has 1 aliphatic heterocycles. The Balaban J connectivity index is 1.62. The van der Waals surface area contributed by atoms with Gasteiger partial charge in [-0.1, -0.05) is 74.9 Å². The Morgan fingerprint density at radius 3 is 2.38 bits per heavy atom. The first-order chi connectivity index (χ1) is 18.1. The van der Waals surface area contributed by atoms with Crippen LogP contribution in [-0.4, -0.2) is 18.3 Å². The fourth-order valence-corrected chi connectivity index (χ4v) is 5.39. The molecule has 190 valence electrons. The average molecular weight is 495 g/mol. The number of Topliss-reactive ketones (excluding diaryl/α,β-unsaturated/α-hetero) is 1. The first kappa shape index (κ1) is 24.8. The molecule has 3 aromatic carbocycles. The van der Waals surface area contributed by atoms with E-state index in [9.17, 15) is 9.59 Å². The lowest BCUT2D eigenvalue weighted by molar-refractivity contribution is -0.119. The molecule has 2 aliphatic rings. The molecule has 1 N–H and O–H groups in total. The topological polar surface area (TPSA) is 58.6 Å². The zero-order valence-electron chi connectivity index (χ0n) is 21.6. The van der Waals surface area contributed by atoms with E-state index in [1.807, 2.05) is 78.6 Å². The number of nitrogens with one attached hydrogen (secondary N) is 1. The molecular weight excluding hydrogens is 460 g/mol. The van der Waals surface area contributed by atoms with Crippen LogP contribution >= 0.6 is 0 Å². The van der Waals surface area contributed by atoms with Gasteiger partial charge in [0.1, 0.15) is 5.75 Å². The summed E-state index contributed by atoms with van der Waals surface area (Å²) in [5, 5.41) is 3.59. The van der Waals surface area contributed by atoms with Crippen molar-refractivity contribution >= 4 is 23.1 Å². The molecule has 0 unspecified atom stereocenters. The van der Waals surface area contributed by atoms with Crippen molar-refractivity contribution in [3.8, 4) is 5.75 Å². The van der Waals surface area contributed by atoms with Crippen molar-refractivity contribution in [1.82, 2.24) is 0 Å². The van der Waals surface area contributed by atoms with Crippen molar-refractivity contribution in [2.75, 3.05) is 16.8 Å². The van der Waals surface area contributed by atoms with Crippen molar-refractivity contribution in [2.24, 2.45) is 0 Å². The van der Waals surface area contributed by atoms with Crippen LogP contribution in [0.5, 0.6) is 5.75 Å². The van der Waals surface area contributed by atoms with E-state index in [2.05, 4.69) is 24.4 Å². The highest BCUT2D eigenvalue weighted by atomic mass is 16.5. The molecule has 3 aromatic rings. The molecule has 5 heteroatoms. The van der Waals surface area contributed by atoms with Gasteiger partial charge in [-0.05, 0) is 54.2 Å². The minimum atomic E-state index is -0.507. The maximum Gasteiger partial charge on any atom is 0.227 e. The molecule has 0 saturated carbocycles. The van der Waals surface area contributed by atoms with Crippen LogP contribution in [-0.2, 0) is 9.59 Å². The maximum atomic E-state index is 13.9. The van der Waals surface area contributed by atoms with Crippen LogP contribution in [0.2, 0.25) is 0 Å². The molecule has 1 amide bonds. The fraction of sp³-hybridized carbons (Fsp3) is 0.312. The average Bonchev–Trinajstić information content (AvgIpc) is 3.08. The van der Waals surface area contributed by atoms with E-state index >= 15 is 0 Å². The fourth-order valence-electron chi connectivity index (χ4n) is 5.39. The van der Waals surface area contributed by atoms with Crippen LogP contribution in [0.4, 0.5) is 11.4 Å². The molecule has 0 bridgehead atoms. The number of carbonyl (C=O) groups excluding carboxylic acids is 2. The number of ketones is 1. The zero-order chi connectivity index (χ0) is 25.8. The van der Waals surface area contributed by atoms with Crippen molar-refractivity contribution in [3.05, 3.63) is 101 Å². The second kappa shape index (κ2) is 11.0. The van der Waals surface area contributed by atoms with E-state index < -0.39 is 6.04 Å². The summed E-state index contributed by atoms with van der Waals surface area (Å²) in [6.45, 7) is 4.68. The van der Waals surface area contributed by atoms with Gasteiger partial charge in [0.25, 0.3) is 0 Å². The predicted octanol–water partition coefficient (Wildman–Crippen LogP) is 7.18. The highest BCUT2D eigenvalue weighted by molar-refractivity contribution is 6.06. The molecular formula is C32H34N2O3. The van der Waals surface area contributed by atoms with Gasteiger partial charge in [0.2, 0.25) is 5.91 Å². The number of unbranched alkanes of at least 4 members (excludes halogenated alkanes) is 1. The lowest BCUT2D eigenvalue weighted by atomic mass is 9.78. The van der Waals surface area contributed by atoms with Gasteiger partial charge >= 0.3 is 0 Å². The summed E-state index contributed by atoms with van der Waals surface area (Å²) in [4.78, 5) is 29.3. The molecule has 37 heavy (non-hydrogen) atoms. The van der Waals surface area contributed by atoms with Crippen LogP contribution < -0.4 is 15.0 Å². The first-order valence-corrected chi connectivity index (χ1v) is 13.3. The second-order valence-corrected chi connectivity index (χ2v) is 9.76. The number of fused-ring (bicyclic) bond motifs is 1. The van der Waals surface area contributed by atoms with Crippen molar-refractivity contribution < 1.29 is 14.3 Å². The third kappa shape index (κ3) is 5.04. The molecule has 0 aromatic heterocycles. The Hall–Kier alpha value is -3.86. The summed E-state index contributed by atoms with van der Waals surface area (Å²) in [6, 6.07) is 25.5. The van der Waals surface area contributed by atoms with Crippen LogP contribution in [0.3, 0.4) is 0 Å². The van der Waals surface area contributed by atoms with Gasteiger partial charge in [0.05, 0.1) is 24.0 Å². The van der Waals surface area contributed by atoms with Crippen molar-refractivity contribution in [2.45, 2.75) is 57.9 Å². The molecule has 1 heterocycles. The smallest absolute Gasteiger partial charge is 0.227 e. The highest BCUT2D eigenvalue weighted by Crippen LogP contribution is 2.47. The van der Waals surface area contributed by atoms with Gasteiger partial charge in [-0.15, -0.1) is 0 Å². The summed E-state index contributed by atoms with van der Waals surface area (Å²) in [7, 11) is 0. The highest BCUT2D eigenvalue weighted by Gasteiger charge is 2.41. The normalized spacial score (nSPS) is 19.0. The van der Waals surface area contributed by atoms with Crippen LogP contribution in [0.1, 0.15) is 69.0 Å². The van der Waals surface area contributed by atoms with Gasteiger partial charge in [-0.2, -0.15) is 0 Å². The number of anilines is 2. The Bertz CT molecular complexity index is 1300. The molecule has 0 saturated heterocycles. The summed E-state index contributed by atoms with van der Waals surface area (Å²) >= 11 is 0. The van der Waals surface area contributed by atoms with E-state index in [1.165, 1.54) is 0 Å². The number of amides is 1. The zero-order valence-corrected chi connectivity index (χ0v) is 21.6. The van der Waals surface area contributed by atoms with Gasteiger partial charge in [0, 0.05) is 24.1 Å². The minimum absolute atomic E-state index is 0.0192. The van der Waals surface area contributed by atoms with Gasteiger partial charge < -0.3 is 10.1 Å². The standard InChI is InChI=1S/C32H34N2O3/c1-3-5-19-37-25-17-15-23(16-18-25)32-31-27(20-24(21-29(31)35)22-11-7-6-8-12-22)33-26-13-9-10-14-28(26)34(32)30(36)4-2/h6-18,24,32-33H,3-5,19-21H2,1-2H3/t24-,32-/m1/s1. The lowest BCUT2D eigenvalue weighted by Crippen LogP contribution is -2.38. The Morgan fingerprint density at radius 2 is 1.65 bits per heavy atom. The van der Waals surface area contributed by atoms with Gasteiger partial charge in [0.15, 0.2) is 5.78 Å². The number of allylic oxidation sites excluding steroid dienone is 1. The molecule has 5 nitrogen and oxygen atoms in total. The maximum absolute atomic E-state index is 13.9. The number of rotatable bonds is 7.